The number of anilines is 1. The zero-order chi connectivity index (χ0) is 8.43. The molecule has 3 heteroatoms. The number of hydrogen-bond acceptors (Lipinski definition) is 2. The number of halogens is 1. The molecule has 60 valence electrons. The minimum atomic E-state index is 0.274. The molecule has 1 aromatic carbocycles. The Morgan fingerprint density at radius 1 is 1.36 bits per heavy atom. The van der Waals surface area contributed by atoms with Crippen LogP contribution in [0.15, 0.2) is 22.7 Å². The van der Waals surface area contributed by atoms with Gasteiger partial charge in [0.1, 0.15) is 5.75 Å². The van der Waals surface area contributed by atoms with Gasteiger partial charge < -0.3 is 10.0 Å². The summed E-state index contributed by atoms with van der Waals surface area (Å²) in [6.07, 6.45) is 0. The Bertz CT molecular complexity index is 260. The SMILES string of the molecule is CN(C)c1cccc(O)c1Br. The summed E-state index contributed by atoms with van der Waals surface area (Å²) in [4.78, 5) is 1.93. The lowest BCUT2D eigenvalue weighted by atomic mass is 10.3. The first kappa shape index (κ1) is 8.40. The van der Waals surface area contributed by atoms with Gasteiger partial charge in [-0.3, -0.25) is 0 Å². The lowest BCUT2D eigenvalue weighted by Gasteiger charge is -2.14. The molecule has 0 aliphatic carbocycles. The highest BCUT2D eigenvalue weighted by Crippen LogP contribution is 2.32. The fraction of sp³-hybridized carbons (Fsp3) is 0.250. The van der Waals surface area contributed by atoms with E-state index < -0.39 is 0 Å². The Balaban J connectivity index is 3.17. The van der Waals surface area contributed by atoms with Crippen molar-refractivity contribution in [2.24, 2.45) is 0 Å². The maximum absolute atomic E-state index is 9.28. The number of phenolic OH excluding ortho intramolecular Hbond substituents is 1. The van der Waals surface area contributed by atoms with Crippen LogP contribution in [0.3, 0.4) is 0 Å². The molecule has 0 aliphatic heterocycles. The van der Waals surface area contributed by atoms with Gasteiger partial charge >= 0.3 is 0 Å². The molecule has 0 radical (unpaired) electrons. The van der Waals surface area contributed by atoms with E-state index in [1.54, 1.807) is 6.07 Å². The van der Waals surface area contributed by atoms with E-state index in [0.29, 0.717) is 0 Å². The van der Waals surface area contributed by atoms with Crippen molar-refractivity contribution in [2.75, 3.05) is 19.0 Å². The zero-order valence-corrected chi connectivity index (χ0v) is 8.09. The van der Waals surface area contributed by atoms with E-state index >= 15 is 0 Å². The minimum absolute atomic E-state index is 0.274. The van der Waals surface area contributed by atoms with Crippen molar-refractivity contribution < 1.29 is 5.11 Å². The van der Waals surface area contributed by atoms with E-state index in [1.165, 1.54) is 0 Å². The predicted molar refractivity (Wildman–Crippen MR) is 50.1 cm³/mol. The molecule has 0 bridgehead atoms. The minimum Gasteiger partial charge on any atom is -0.507 e. The lowest BCUT2D eigenvalue weighted by Crippen LogP contribution is -2.08. The summed E-state index contributed by atoms with van der Waals surface area (Å²) in [7, 11) is 3.86. The van der Waals surface area contributed by atoms with E-state index in [1.807, 2.05) is 31.1 Å². The lowest BCUT2D eigenvalue weighted by molar-refractivity contribution is 0.472. The van der Waals surface area contributed by atoms with Crippen molar-refractivity contribution in [3.8, 4) is 5.75 Å². The van der Waals surface area contributed by atoms with E-state index in [2.05, 4.69) is 15.9 Å². The van der Waals surface area contributed by atoms with Crippen molar-refractivity contribution in [3.63, 3.8) is 0 Å². The van der Waals surface area contributed by atoms with E-state index in [4.69, 9.17) is 0 Å². The molecule has 11 heavy (non-hydrogen) atoms. The van der Waals surface area contributed by atoms with Gasteiger partial charge in [0.25, 0.3) is 0 Å². The summed E-state index contributed by atoms with van der Waals surface area (Å²) in [5.41, 5.74) is 0.977. The van der Waals surface area contributed by atoms with Crippen LogP contribution in [0.25, 0.3) is 0 Å². The second-order valence-corrected chi connectivity index (χ2v) is 3.30. The molecule has 2 nitrogen and oxygen atoms in total. The molecular formula is C8H10BrNO. The number of phenols is 1. The highest BCUT2D eigenvalue weighted by atomic mass is 79.9. The fourth-order valence-corrected chi connectivity index (χ4v) is 1.47. The quantitative estimate of drug-likeness (QED) is 0.777. The molecule has 0 fully saturated rings. The van der Waals surface area contributed by atoms with Crippen LogP contribution in [-0.2, 0) is 0 Å². The average molecular weight is 216 g/mol. The van der Waals surface area contributed by atoms with Gasteiger partial charge in [0.2, 0.25) is 0 Å². The summed E-state index contributed by atoms with van der Waals surface area (Å²) in [5, 5.41) is 9.28. The Labute approximate surface area is 74.6 Å². The van der Waals surface area contributed by atoms with Crippen LogP contribution in [0.1, 0.15) is 0 Å². The molecule has 0 unspecified atom stereocenters. The first-order valence-electron chi connectivity index (χ1n) is 3.27. The normalized spacial score (nSPS) is 9.73. The van der Waals surface area contributed by atoms with Gasteiger partial charge in [0.05, 0.1) is 10.2 Å². The molecule has 0 heterocycles. The third-order valence-electron chi connectivity index (χ3n) is 1.44. The van der Waals surface area contributed by atoms with Crippen LogP contribution in [-0.4, -0.2) is 19.2 Å². The topological polar surface area (TPSA) is 23.5 Å². The summed E-state index contributed by atoms with van der Waals surface area (Å²) in [6.45, 7) is 0. The van der Waals surface area contributed by atoms with Gasteiger partial charge in [0.15, 0.2) is 0 Å². The maximum Gasteiger partial charge on any atom is 0.131 e. The third-order valence-corrected chi connectivity index (χ3v) is 2.25. The second kappa shape index (κ2) is 3.13. The fourth-order valence-electron chi connectivity index (χ4n) is 0.853. The van der Waals surface area contributed by atoms with Crippen LogP contribution in [0, 0.1) is 0 Å². The van der Waals surface area contributed by atoms with Crippen LogP contribution in [0.2, 0.25) is 0 Å². The molecule has 0 saturated heterocycles. The Morgan fingerprint density at radius 2 is 2.00 bits per heavy atom. The van der Waals surface area contributed by atoms with Gasteiger partial charge in [0, 0.05) is 14.1 Å². The van der Waals surface area contributed by atoms with Gasteiger partial charge in [-0.25, -0.2) is 0 Å². The smallest absolute Gasteiger partial charge is 0.131 e. The summed E-state index contributed by atoms with van der Waals surface area (Å²) in [5.74, 6) is 0.274. The predicted octanol–water partition coefficient (Wildman–Crippen LogP) is 2.22. The van der Waals surface area contributed by atoms with E-state index in [0.717, 1.165) is 10.2 Å². The largest absolute Gasteiger partial charge is 0.507 e. The first-order valence-corrected chi connectivity index (χ1v) is 4.07. The number of benzene rings is 1. The summed E-state index contributed by atoms with van der Waals surface area (Å²) < 4.78 is 0.741. The van der Waals surface area contributed by atoms with Crippen molar-refractivity contribution >= 4 is 21.6 Å². The highest BCUT2D eigenvalue weighted by molar-refractivity contribution is 9.10. The zero-order valence-electron chi connectivity index (χ0n) is 6.50. The number of hydrogen-bond donors (Lipinski definition) is 1. The monoisotopic (exact) mass is 215 g/mol. The van der Waals surface area contributed by atoms with E-state index in [-0.39, 0.29) is 5.75 Å². The van der Waals surface area contributed by atoms with Gasteiger partial charge in [-0.05, 0) is 28.1 Å². The Hall–Kier alpha value is -0.700. The highest BCUT2D eigenvalue weighted by Gasteiger charge is 2.04. The van der Waals surface area contributed by atoms with E-state index in [9.17, 15) is 5.11 Å². The molecule has 0 aromatic heterocycles. The standard InChI is InChI=1S/C8H10BrNO/c1-10(2)6-4-3-5-7(11)8(6)9/h3-5,11H,1-2H3. The number of aromatic hydroxyl groups is 1. The Morgan fingerprint density at radius 3 is 2.45 bits per heavy atom. The molecule has 0 saturated carbocycles. The second-order valence-electron chi connectivity index (χ2n) is 2.50. The summed E-state index contributed by atoms with van der Waals surface area (Å²) in [6, 6.07) is 5.40. The Kier molecular flexibility index (Phi) is 2.39. The summed E-state index contributed by atoms with van der Waals surface area (Å²) >= 11 is 3.29. The molecule has 0 spiro atoms. The van der Waals surface area contributed by atoms with Crippen molar-refractivity contribution in [1.82, 2.24) is 0 Å². The van der Waals surface area contributed by atoms with Crippen molar-refractivity contribution in [2.45, 2.75) is 0 Å². The van der Waals surface area contributed by atoms with Crippen LogP contribution < -0.4 is 4.90 Å². The van der Waals surface area contributed by atoms with Crippen LogP contribution in [0.5, 0.6) is 5.75 Å². The average Bonchev–Trinajstić information content (AvgIpc) is 1.94. The first-order chi connectivity index (χ1) is 5.13. The third kappa shape index (κ3) is 1.66. The molecule has 0 atom stereocenters. The van der Waals surface area contributed by atoms with Gasteiger partial charge in [-0.1, -0.05) is 6.07 Å². The van der Waals surface area contributed by atoms with Crippen LogP contribution >= 0.6 is 15.9 Å². The molecule has 1 N–H and O–H groups in total. The molecule has 0 aliphatic rings. The molecule has 1 aromatic rings. The van der Waals surface area contributed by atoms with Crippen molar-refractivity contribution in [1.29, 1.82) is 0 Å². The van der Waals surface area contributed by atoms with Gasteiger partial charge in [-0.2, -0.15) is 0 Å². The number of nitrogens with zero attached hydrogens (tertiary/aromatic N) is 1. The van der Waals surface area contributed by atoms with Crippen molar-refractivity contribution in [3.05, 3.63) is 22.7 Å². The maximum atomic E-state index is 9.28. The number of rotatable bonds is 1. The van der Waals surface area contributed by atoms with Gasteiger partial charge in [-0.15, -0.1) is 0 Å². The molecule has 0 amide bonds. The van der Waals surface area contributed by atoms with Crippen LogP contribution in [0.4, 0.5) is 5.69 Å². The molecular weight excluding hydrogens is 206 g/mol. The molecule has 1 rings (SSSR count).